The molecular formula is C19H22ClN3O2. The van der Waals surface area contributed by atoms with Crippen LogP contribution in [0.4, 0.5) is 11.5 Å². The van der Waals surface area contributed by atoms with Gasteiger partial charge in [0.2, 0.25) is 0 Å². The zero-order valence-corrected chi connectivity index (χ0v) is 15.1. The molecule has 1 saturated heterocycles. The fraction of sp³-hybridized carbons (Fsp3) is 0.368. The summed E-state index contributed by atoms with van der Waals surface area (Å²) in [6.45, 7) is 1.87. The Morgan fingerprint density at radius 1 is 1.20 bits per heavy atom. The van der Waals surface area contributed by atoms with Crippen LogP contribution in [-0.2, 0) is 0 Å². The van der Waals surface area contributed by atoms with Crippen LogP contribution in [0.1, 0.15) is 36.0 Å². The normalized spacial score (nSPS) is 14.7. The lowest BCUT2D eigenvalue weighted by atomic mass is 10.2. The van der Waals surface area contributed by atoms with E-state index in [2.05, 4.69) is 15.2 Å². The molecule has 2 aromatic rings. The highest BCUT2D eigenvalue weighted by atomic mass is 35.5. The third kappa shape index (κ3) is 4.23. The van der Waals surface area contributed by atoms with Crippen LogP contribution in [0.2, 0.25) is 5.02 Å². The zero-order chi connectivity index (χ0) is 17.6. The van der Waals surface area contributed by atoms with Gasteiger partial charge in [-0.2, -0.15) is 0 Å². The van der Waals surface area contributed by atoms with E-state index in [1.54, 1.807) is 37.6 Å². The van der Waals surface area contributed by atoms with Crippen LogP contribution in [0.25, 0.3) is 0 Å². The van der Waals surface area contributed by atoms with Gasteiger partial charge >= 0.3 is 0 Å². The minimum atomic E-state index is -0.186. The lowest BCUT2D eigenvalue weighted by Gasteiger charge is -2.23. The minimum absolute atomic E-state index is 0.186. The Bertz CT molecular complexity index is 743. The molecule has 0 atom stereocenters. The smallest absolute Gasteiger partial charge is 0.259 e. The molecule has 6 heteroatoms. The minimum Gasteiger partial charge on any atom is -0.495 e. The van der Waals surface area contributed by atoms with Crippen LogP contribution >= 0.6 is 11.6 Å². The topological polar surface area (TPSA) is 54.5 Å². The molecule has 1 fully saturated rings. The number of hydrogen-bond acceptors (Lipinski definition) is 4. The first-order valence-electron chi connectivity index (χ1n) is 8.54. The van der Waals surface area contributed by atoms with E-state index in [0.29, 0.717) is 22.0 Å². The number of methoxy groups -OCH3 is 1. The number of pyridine rings is 1. The third-order valence-corrected chi connectivity index (χ3v) is 4.64. The predicted octanol–water partition coefficient (Wildman–Crippen LogP) is 4.38. The van der Waals surface area contributed by atoms with Crippen molar-refractivity contribution in [2.45, 2.75) is 25.7 Å². The molecular weight excluding hydrogens is 338 g/mol. The number of rotatable bonds is 4. The lowest BCUT2D eigenvalue weighted by molar-refractivity contribution is 0.102. The van der Waals surface area contributed by atoms with Gasteiger partial charge in [0, 0.05) is 25.0 Å². The molecule has 0 aliphatic carbocycles. The van der Waals surface area contributed by atoms with Gasteiger partial charge in [0.25, 0.3) is 5.91 Å². The average molecular weight is 360 g/mol. The summed E-state index contributed by atoms with van der Waals surface area (Å²) in [7, 11) is 1.56. The average Bonchev–Trinajstić information content (AvgIpc) is 2.91. The number of carbonyl (C=O) groups is 1. The van der Waals surface area contributed by atoms with Gasteiger partial charge in [0.15, 0.2) is 0 Å². The number of benzene rings is 1. The van der Waals surface area contributed by atoms with Gasteiger partial charge in [-0.1, -0.05) is 24.4 Å². The van der Waals surface area contributed by atoms with Crippen LogP contribution in [0.3, 0.4) is 0 Å². The van der Waals surface area contributed by atoms with Crippen molar-refractivity contribution in [3.63, 3.8) is 0 Å². The predicted molar refractivity (Wildman–Crippen MR) is 101 cm³/mol. The molecule has 1 N–H and O–H groups in total. The number of halogens is 1. The van der Waals surface area contributed by atoms with Crippen molar-refractivity contribution in [2.75, 3.05) is 30.4 Å². The first-order valence-corrected chi connectivity index (χ1v) is 8.91. The zero-order valence-electron chi connectivity index (χ0n) is 14.3. The first-order chi connectivity index (χ1) is 12.2. The number of amides is 1. The molecule has 0 unspecified atom stereocenters. The highest BCUT2D eigenvalue weighted by Crippen LogP contribution is 2.28. The van der Waals surface area contributed by atoms with Gasteiger partial charge in [0.05, 0.1) is 17.7 Å². The van der Waals surface area contributed by atoms with Crippen LogP contribution in [-0.4, -0.2) is 31.1 Å². The van der Waals surface area contributed by atoms with E-state index in [4.69, 9.17) is 16.3 Å². The van der Waals surface area contributed by atoms with Gasteiger partial charge in [-0.15, -0.1) is 0 Å². The molecule has 1 aliphatic heterocycles. The Kier molecular flexibility index (Phi) is 5.76. The van der Waals surface area contributed by atoms with Gasteiger partial charge in [-0.05, 0) is 43.2 Å². The number of ether oxygens (including phenoxy) is 1. The maximum Gasteiger partial charge on any atom is 0.259 e. The number of carbonyl (C=O) groups excluding carboxylic acids is 1. The fourth-order valence-electron chi connectivity index (χ4n) is 3.05. The Labute approximate surface area is 153 Å². The first kappa shape index (κ1) is 17.5. The molecule has 0 spiro atoms. The summed E-state index contributed by atoms with van der Waals surface area (Å²) < 4.78 is 5.14. The highest BCUT2D eigenvalue weighted by molar-refractivity contribution is 6.32. The molecule has 0 saturated carbocycles. The number of hydrogen-bond donors (Lipinski definition) is 1. The van der Waals surface area contributed by atoms with E-state index >= 15 is 0 Å². The van der Waals surface area contributed by atoms with Gasteiger partial charge < -0.3 is 15.0 Å². The van der Waals surface area contributed by atoms with Gasteiger partial charge in [0.1, 0.15) is 11.6 Å². The van der Waals surface area contributed by atoms with E-state index in [0.717, 1.165) is 31.7 Å². The molecule has 2 heterocycles. The second kappa shape index (κ2) is 8.21. The van der Waals surface area contributed by atoms with E-state index < -0.39 is 0 Å². The second-order valence-electron chi connectivity index (χ2n) is 6.08. The van der Waals surface area contributed by atoms with E-state index in [1.807, 2.05) is 6.07 Å². The lowest BCUT2D eigenvalue weighted by Crippen LogP contribution is -2.28. The Morgan fingerprint density at radius 2 is 1.96 bits per heavy atom. The van der Waals surface area contributed by atoms with Crippen LogP contribution in [0.15, 0.2) is 36.5 Å². The summed E-state index contributed by atoms with van der Waals surface area (Å²) in [5, 5.41) is 3.36. The fourth-order valence-corrected chi connectivity index (χ4v) is 3.31. The second-order valence-corrected chi connectivity index (χ2v) is 6.49. The van der Waals surface area contributed by atoms with E-state index in [-0.39, 0.29) is 5.91 Å². The molecule has 0 bridgehead atoms. The third-order valence-electron chi connectivity index (χ3n) is 4.35. The summed E-state index contributed by atoms with van der Waals surface area (Å²) >= 11 is 6.13. The summed E-state index contributed by atoms with van der Waals surface area (Å²) in [5.41, 5.74) is 1.21. The van der Waals surface area contributed by atoms with Crippen LogP contribution in [0, 0.1) is 0 Å². The molecule has 132 valence electrons. The highest BCUT2D eigenvalue weighted by Gasteiger charge is 2.19. The molecule has 3 rings (SSSR count). The van der Waals surface area contributed by atoms with Crippen molar-refractivity contribution in [2.24, 2.45) is 0 Å². The number of aromatic nitrogens is 1. The SMILES string of the molecule is COc1ccc(NC(=O)c2cccnc2N2CCCCCC2)cc1Cl. The molecule has 1 aliphatic rings. The van der Waals surface area contributed by atoms with Crippen LogP contribution < -0.4 is 15.0 Å². The monoisotopic (exact) mass is 359 g/mol. The van der Waals surface area contributed by atoms with Crippen molar-refractivity contribution in [3.8, 4) is 5.75 Å². The van der Waals surface area contributed by atoms with Crippen molar-refractivity contribution in [1.29, 1.82) is 0 Å². The summed E-state index contributed by atoms with van der Waals surface area (Å²) in [6, 6.07) is 8.78. The number of nitrogens with one attached hydrogen (secondary N) is 1. The molecule has 1 aromatic carbocycles. The van der Waals surface area contributed by atoms with Crippen molar-refractivity contribution < 1.29 is 9.53 Å². The maximum absolute atomic E-state index is 12.8. The molecule has 1 amide bonds. The van der Waals surface area contributed by atoms with E-state index in [9.17, 15) is 4.79 Å². The molecule has 25 heavy (non-hydrogen) atoms. The maximum atomic E-state index is 12.8. The van der Waals surface area contributed by atoms with Gasteiger partial charge in [-0.25, -0.2) is 4.98 Å². The quantitative estimate of drug-likeness (QED) is 0.880. The van der Waals surface area contributed by atoms with Crippen molar-refractivity contribution in [1.82, 2.24) is 4.98 Å². The Balaban J connectivity index is 1.81. The summed E-state index contributed by atoms with van der Waals surface area (Å²) in [6.07, 6.45) is 6.46. The largest absolute Gasteiger partial charge is 0.495 e. The molecule has 5 nitrogen and oxygen atoms in total. The van der Waals surface area contributed by atoms with Crippen LogP contribution in [0.5, 0.6) is 5.75 Å². The molecule has 0 radical (unpaired) electrons. The number of anilines is 2. The standard InChI is InChI=1S/C19H22ClN3O2/c1-25-17-9-8-14(13-16(17)20)22-19(24)15-7-6-10-21-18(15)23-11-4-2-3-5-12-23/h6-10,13H,2-5,11-12H2,1H3,(H,22,24). The Hall–Kier alpha value is -2.27. The Morgan fingerprint density at radius 3 is 2.64 bits per heavy atom. The molecule has 1 aromatic heterocycles. The van der Waals surface area contributed by atoms with Crippen molar-refractivity contribution >= 4 is 29.0 Å². The summed E-state index contributed by atoms with van der Waals surface area (Å²) in [4.78, 5) is 19.5. The van der Waals surface area contributed by atoms with E-state index in [1.165, 1.54) is 12.8 Å². The summed E-state index contributed by atoms with van der Waals surface area (Å²) in [5.74, 6) is 1.14. The van der Waals surface area contributed by atoms with Gasteiger partial charge in [-0.3, -0.25) is 4.79 Å². The number of nitrogens with zero attached hydrogens (tertiary/aromatic N) is 2. The van der Waals surface area contributed by atoms with Crippen molar-refractivity contribution in [3.05, 3.63) is 47.1 Å².